The van der Waals surface area contributed by atoms with Gasteiger partial charge in [0.05, 0.1) is 0 Å². The van der Waals surface area contributed by atoms with Gasteiger partial charge in [-0.3, -0.25) is 4.90 Å². The second-order valence-electron chi connectivity index (χ2n) is 6.35. The molecule has 2 N–H and O–H groups in total. The first-order chi connectivity index (χ1) is 9.61. The van der Waals surface area contributed by atoms with Crippen molar-refractivity contribution in [2.45, 2.75) is 45.1 Å². The van der Waals surface area contributed by atoms with Crippen LogP contribution in [0.2, 0.25) is 0 Å². The smallest absolute Gasteiger partial charge is 0.123 e. The quantitative estimate of drug-likeness (QED) is 0.894. The minimum Gasteiger partial charge on any atom is -0.330 e. The van der Waals surface area contributed by atoms with Crippen molar-refractivity contribution >= 4 is 0 Å². The monoisotopic (exact) mass is 278 g/mol. The van der Waals surface area contributed by atoms with E-state index in [1.54, 1.807) is 12.1 Å². The molecule has 0 spiro atoms. The van der Waals surface area contributed by atoms with Crippen LogP contribution in [-0.4, -0.2) is 30.6 Å². The maximum absolute atomic E-state index is 13.1. The molecule has 0 saturated carbocycles. The summed E-state index contributed by atoms with van der Waals surface area (Å²) in [6.45, 7) is 7.45. The highest BCUT2D eigenvalue weighted by Gasteiger charge is 2.30. The highest BCUT2D eigenvalue weighted by atomic mass is 19.1. The average Bonchev–Trinajstić information content (AvgIpc) is 2.43. The van der Waals surface area contributed by atoms with Crippen molar-refractivity contribution in [3.8, 4) is 0 Å². The Labute approximate surface area is 122 Å². The van der Waals surface area contributed by atoms with Gasteiger partial charge in [-0.2, -0.15) is 0 Å². The molecule has 2 atom stereocenters. The molecule has 0 bridgehead atoms. The number of hydrogen-bond acceptors (Lipinski definition) is 2. The normalized spacial score (nSPS) is 22.1. The minimum absolute atomic E-state index is 0.174. The summed E-state index contributed by atoms with van der Waals surface area (Å²) in [4.78, 5) is 2.59. The molecule has 0 amide bonds. The molecule has 1 aromatic carbocycles. The summed E-state index contributed by atoms with van der Waals surface area (Å²) in [7, 11) is 0. The van der Waals surface area contributed by atoms with Crippen LogP contribution in [0.4, 0.5) is 4.39 Å². The lowest BCUT2D eigenvalue weighted by molar-refractivity contribution is 0.112. The molecule has 0 radical (unpaired) electrons. The Kier molecular flexibility index (Phi) is 5.55. The van der Waals surface area contributed by atoms with Gasteiger partial charge < -0.3 is 5.73 Å². The molecule has 0 aliphatic carbocycles. The Balaban J connectivity index is 2.16. The van der Waals surface area contributed by atoms with E-state index >= 15 is 0 Å². The van der Waals surface area contributed by atoms with Crippen LogP contribution in [0.1, 0.15) is 44.6 Å². The molecule has 3 heteroatoms. The topological polar surface area (TPSA) is 29.3 Å². The summed E-state index contributed by atoms with van der Waals surface area (Å²) >= 11 is 0. The van der Waals surface area contributed by atoms with Crippen molar-refractivity contribution in [2.24, 2.45) is 11.7 Å². The van der Waals surface area contributed by atoms with Crippen LogP contribution in [0, 0.1) is 11.7 Å². The van der Waals surface area contributed by atoms with Gasteiger partial charge in [-0.15, -0.1) is 0 Å². The first-order valence-corrected chi connectivity index (χ1v) is 7.81. The number of benzene rings is 1. The van der Waals surface area contributed by atoms with E-state index in [4.69, 9.17) is 5.73 Å². The largest absolute Gasteiger partial charge is 0.330 e. The van der Waals surface area contributed by atoms with Gasteiger partial charge >= 0.3 is 0 Å². The number of halogens is 1. The van der Waals surface area contributed by atoms with E-state index in [1.165, 1.54) is 31.4 Å². The lowest BCUT2D eigenvalue weighted by Crippen LogP contribution is -2.46. The lowest BCUT2D eigenvalue weighted by Gasteiger charge is -2.41. The summed E-state index contributed by atoms with van der Waals surface area (Å²) in [5.41, 5.74) is 7.22. The molecule has 1 aliphatic heterocycles. The van der Waals surface area contributed by atoms with Gasteiger partial charge in [0.1, 0.15) is 5.82 Å². The van der Waals surface area contributed by atoms with Crippen LogP contribution in [0.3, 0.4) is 0 Å². The Morgan fingerprint density at radius 2 is 1.95 bits per heavy atom. The Bertz CT molecular complexity index is 402. The molecule has 1 heterocycles. The number of piperidine rings is 1. The van der Waals surface area contributed by atoms with Crippen molar-refractivity contribution in [3.05, 3.63) is 35.6 Å². The fourth-order valence-corrected chi connectivity index (χ4v) is 3.39. The molecule has 1 aromatic rings. The molecule has 2 rings (SSSR count). The van der Waals surface area contributed by atoms with Gasteiger partial charge in [0.15, 0.2) is 0 Å². The fourth-order valence-electron chi connectivity index (χ4n) is 3.39. The van der Waals surface area contributed by atoms with Gasteiger partial charge in [-0.25, -0.2) is 4.39 Å². The zero-order chi connectivity index (χ0) is 14.5. The van der Waals surface area contributed by atoms with E-state index in [0.29, 0.717) is 24.4 Å². The van der Waals surface area contributed by atoms with E-state index in [-0.39, 0.29) is 5.82 Å². The molecule has 1 saturated heterocycles. The van der Waals surface area contributed by atoms with Crippen LogP contribution in [0.15, 0.2) is 24.3 Å². The van der Waals surface area contributed by atoms with E-state index in [2.05, 4.69) is 18.7 Å². The van der Waals surface area contributed by atoms with Crippen molar-refractivity contribution in [1.82, 2.24) is 4.90 Å². The number of likely N-dealkylation sites (tertiary alicyclic amines) is 1. The highest BCUT2D eigenvalue weighted by molar-refractivity contribution is 5.23. The summed E-state index contributed by atoms with van der Waals surface area (Å²) < 4.78 is 13.1. The third kappa shape index (κ3) is 3.80. The highest BCUT2D eigenvalue weighted by Crippen LogP contribution is 2.30. The first-order valence-electron chi connectivity index (χ1n) is 7.81. The lowest BCUT2D eigenvalue weighted by atomic mass is 9.84. The Morgan fingerprint density at radius 3 is 2.55 bits per heavy atom. The van der Waals surface area contributed by atoms with E-state index in [1.807, 2.05) is 12.1 Å². The number of rotatable bonds is 5. The second kappa shape index (κ2) is 7.19. The molecule has 0 aromatic heterocycles. The van der Waals surface area contributed by atoms with Gasteiger partial charge in [-0.05, 0) is 43.0 Å². The maximum atomic E-state index is 13.1. The van der Waals surface area contributed by atoms with Gasteiger partial charge in [0.2, 0.25) is 0 Å². The second-order valence-corrected chi connectivity index (χ2v) is 6.35. The summed E-state index contributed by atoms with van der Waals surface area (Å²) in [5, 5.41) is 0. The fraction of sp³-hybridized carbons (Fsp3) is 0.647. The number of nitrogens with two attached hydrogens (primary N) is 1. The minimum atomic E-state index is -0.174. The predicted octanol–water partition coefficient (Wildman–Crippen LogP) is 3.38. The molecule has 2 unspecified atom stereocenters. The van der Waals surface area contributed by atoms with Gasteiger partial charge in [-0.1, -0.05) is 32.4 Å². The predicted molar refractivity (Wildman–Crippen MR) is 82.2 cm³/mol. The van der Waals surface area contributed by atoms with Crippen LogP contribution in [-0.2, 0) is 0 Å². The molecular weight excluding hydrogens is 251 g/mol. The summed E-state index contributed by atoms with van der Waals surface area (Å²) in [6.07, 6.45) is 3.76. The molecular formula is C17H27FN2. The summed E-state index contributed by atoms with van der Waals surface area (Å²) in [5.74, 6) is 0.809. The molecule has 1 fully saturated rings. The molecule has 20 heavy (non-hydrogen) atoms. The van der Waals surface area contributed by atoms with Crippen molar-refractivity contribution < 1.29 is 4.39 Å². The van der Waals surface area contributed by atoms with Crippen LogP contribution in [0.25, 0.3) is 0 Å². The van der Waals surface area contributed by atoms with Crippen molar-refractivity contribution in [1.29, 1.82) is 0 Å². The third-order valence-corrected chi connectivity index (χ3v) is 4.28. The first kappa shape index (κ1) is 15.5. The van der Waals surface area contributed by atoms with E-state index in [0.717, 1.165) is 6.54 Å². The number of nitrogens with zero attached hydrogens (tertiary/aromatic N) is 1. The van der Waals surface area contributed by atoms with Crippen molar-refractivity contribution in [3.63, 3.8) is 0 Å². The Hall–Kier alpha value is -0.930. The van der Waals surface area contributed by atoms with Crippen molar-refractivity contribution in [2.75, 3.05) is 19.6 Å². The standard InChI is InChI=1S/C17H27FN2/c1-13(2)12-20-10-4-3-5-17(20)16(11-19)14-6-8-15(18)9-7-14/h6-9,13,16-17H,3-5,10-12,19H2,1-2H3. The molecule has 1 aliphatic rings. The van der Waals surface area contributed by atoms with Gasteiger partial charge in [0.25, 0.3) is 0 Å². The SMILES string of the molecule is CC(C)CN1CCCCC1C(CN)c1ccc(F)cc1. The third-order valence-electron chi connectivity index (χ3n) is 4.28. The van der Waals surface area contributed by atoms with Crippen LogP contribution in [0.5, 0.6) is 0 Å². The van der Waals surface area contributed by atoms with E-state index < -0.39 is 0 Å². The zero-order valence-electron chi connectivity index (χ0n) is 12.7. The Morgan fingerprint density at radius 1 is 1.25 bits per heavy atom. The molecule has 2 nitrogen and oxygen atoms in total. The van der Waals surface area contributed by atoms with E-state index in [9.17, 15) is 4.39 Å². The van der Waals surface area contributed by atoms with Crippen LogP contribution >= 0.6 is 0 Å². The maximum Gasteiger partial charge on any atom is 0.123 e. The van der Waals surface area contributed by atoms with Gasteiger partial charge in [0, 0.05) is 25.0 Å². The average molecular weight is 278 g/mol. The number of hydrogen-bond donors (Lipinski definition) is 1. The zero-order valence-corrected chi connectivity index (χ0v) is 12.7. The van der Waals surface area contributed by atoms with Crippen LogP contribution < -0.4 is 5.73 Å². The molecule has 112 valence electrons. The summed E-state index contributed by atoms with van der Waals surface area (Å²) in [6, 6.07) is 7.40.